The van der Waals surface area contributed by atoms with E-state index in [0.717, 1.165) is 22.6 Å². The molecule has 13 rings (SSSR count). The van der Waals surface area contributed by atoms with Crippen LogP contribution < -0.4 is 4.90 Å². The molecule has 0 atom stereocenters. The number of benzene rings is 9. The third-order valence-electron chi connectivity index (χ3n) is 13.9. The van der Waals surface area contributed by atoms with Crippen LogP contribution in [-0.2, 0) is 5.41 Å². The number of hydrogen-bond donors (Lipinski definition) is 0. The molecule has 62 heavy (non-hydrogen) atoms. The maximum absolute atomic E-state index is 10.5. The first-order chi connectivity index (χ1) is 30.5. The topological polar surface area (TPSA) is 27.0 Å². The number of rotatable bonds is 6. The molecule has 0 aromatic heterocycles. The van der Waals surface area contributed by atoms with Crippen molar-refractivity contribution in [1.82, 2.24) is 0 Å². The highest BCUT2D eigenvalue weighted by Gasteiger charge is 2.44. The van der Waals surface area contributed by atoms with Crippen LogP contribution in [0.3, 0.4) is 0 Å². The van der Waals surface area contributed by atoms with Crippen LogP contribution >= 0.6 is 0 Å². The minimum absolute atomic E-state index is 0.0394. The lowest BCUT2D eigenvalue weighted by atomic mass is 9.59. The Morgan fingerprint density at radius 1 is 0.387 bits per heavy atom. The van der Waals surface area contributed by atoms with Crippen LogP contribution in [0.25, 0.3) is 44.5 Å². The lowest BCUT2D eigenvalue weighted by molar-refractivity contribution is 0.660. The van der Waals surface area contributed by atoms with Gasteiger partial charge in [0.1, 0.15) is 0 Å². The SMILES string of the molecule is CC1(C)c2cc(-c3ccc(C#N)c4c3C3c5ccccc5C4c4ccccc43)ccc2-c2ccc(N(c3ccc(-c4ccccc4)cc3)c3ccc(-c4ccccc4)cc3)cc21. The van der Waals surface area contributed by atoms with E-state index in [-0.39, 0.29) is 17.3 Å². The van der Waals surface area contributed by atoms with Crippen LogP contribution in [0.5, 0.6) is 0 Å². The fourth-order valence-electron chi connectivity index (χ4n) is 11.0. The molecule has 0 spiro atoms. The molecule has 0 fully saturated rings. The summed E-state index contributed by atoms with van der Waals surface area (Å²) < 4.78 is 0. The summed E-state index contributed by atoms with van der Waals surface area (Å²) in [5.41, 5.74) is 24.1. The molecule has 0 saturated carbocycles. The molecule has 0 N–H and O–H groups in total. The van der Waals surface area contributed by atoms with Crippen molar-refractivity contribution in [2.75, 3.05) is 4.90 Å². The van der Waals surface area contributed by atoms with Crippen LogP contribution in [0.15, 0.2) is 206 Å². The third kappa shape index (κ3) is 5.42. The second kappa shape index (κ2) is 13.9. The summed E-state index contributed by atoms with van der Waals surface area (Å²) in [4.78, 5) is 2.39. The minimum Gasteiger partial charge on any atom is -0.310 e. The first-order valence-electron chi connectivity index (χ1n) is 21.6. The first-order valence-corrected chi connectivity index (χ1v) is 21.6. The molecule has 4 aliphatic carbocycles. The fourth-order valence-corrected chi connectivity index (χ4v) is 11.0. The Labute approximate surface area is 363 Å². The molecule has 9 aromatic rings. The van der Waals surface area contributed by atoms with Crippen LogP contribution in [0.4, 0.5) is 17.1 Å². The first kappa shape index (κ1) is 36.1. The van der Waals surface area contributed by atoms with Crippen LogP contribution in [0.1, 0.15) is 75.8 Å². The van der Waals surface area contributed by atoms with Gasteiger partial charge in [-0.3, -0.25) is 0 Å². The standard InChI is InChI=1S/C60H42N2/c1-60(2)54-35-42(47-32-26-43(37-61)56-57-50-17-9-11-19-52(50)58(59(47)56)53-20-12-10-18-51(53)57)25-33-48(54)49-34-31-46(36-55(49)60)62(44-27-21-40(22-28-44)38-13-5-3-6-14-38)45-29-23-41(24-30-45)39-15-7-4-8-16-39/h3-36,57-58H,1-2H3. The van der Waals surface area contributed by atoms with Gasteiger partial charge in [0.05, 0.1) is 11.6 Å². The average molecular weight is 791 g/mol. The molecule has 0 amide bonds. The van der Waals surface area contributed by atoms with Gasteiger partial charge in [-0.2, -0.15) is 5.26 Å². The van der Waals surface area contributed by atoms with Crippen LogP contribution in [0.2, 0.25) is 0 Å². The molecule has 0 heterocycles. The zero-order valence-electron chi connectivity index (χ0n) is 34.7. The number of nitriles is 1. The largest absolute Gasteiger partial charge is 0.310 e. The van der Waals surface area contributed by atoms with Crippen molar-refractivity contribution >= 4 is 17.1 Å². The van der Waals surface area contributed by atoms with E-state index >= 15 is 0 Å². The molecule has 292 valence electrons. The second-order valence-electron chi connectivity index (χ2n) is 17.5. The summed E-state index contributed by atoms with van der Waals surface area (Å²) in [6.45, 7) is 4.75. The van der Waals surface area contributed by atoms with Crippen molar-refractivity contribution in [3.05, 3.63) is 256 Å². The van der Waals surface area contributed by atoms with Gasteiger partial charge >= 0.3 is 0 Å². The van der Waals surface area contributed by atoms with Crippen molar-refractivity contribution in [1.29, 1.82) is 5.26 Å². The summed E-state index contributed by atoms with van der Waals surface area (Å²) in [5.74, 6) is 0.110. The normalized spacial score (nSPS) is 15.7. The Balaban J connectivity index is 0.961. The van der Waals surface area contributed by atoms with E-state index in [1.807, 2.05) is 0 Å². The van der Waals surface area contributed by atoms with Crippen molar-refractivity contribution in [3.8, 4) is 50.6 Å². The Morgan fingerprint density at radius 3 is 1.31 bits per heavy atom. The van der Waals surface area contributed by atoms with Crippen molar-refractivity contribution < 1.29 is 0 Å². The van der Waals surface area contributed by atoms with E-state index in [4.69, 9.17) is 0 Å². The number of anilines is 3. The van der Waals surface area contributed by atoms with Crippen molar-refractivity contribution in [2.45, 2.75) is 31.1 Å². The molecule has 4 aliphatic rings. The summed E-state index contributed by atoms with van der Waals surface area (Å²) in [7, 11) is 0. The van der Waals surface area contributed by atoms with E-state index in [2.05, 4.69) is 231 Å². The smallest absolute Gasteiger partial charge is 0.0994 e. The summed E-state index contributed by atoms with van der Waals surface area (Å²) in [6.07, 6.45) is 0. The monoisotopic (exact) mass is 790 g/mol. The summed E-state index contributed by atoms with van der Waals surface area (Å²) in [6, 6.07) is 77.8. The zero-order chi connectivity index (χ0) is 41.5. The highest BCUT2D eigenvalue weighted by atomic mass is 15.1. The Morgan fingerprint density at radius 2 is 0.790 bits per heavy atom. The van der Waals surface area contributed by atoms with Crippen molar-refractivity contribution in [3.63, 3.8) is 0 Å². The van der Waals surface area contributed by atoms with E-state index in [1.54, 1.807) is 0 Å². The molecule has 2 bridgehead atoms. The van der Waals surface area contributed by atoms with Crippen molar-refractivity contribution in [2.24, 2.45) is 0 Å². The molecule has 2 nitrogen and oxygen atoms in total. The number of nitrogens with zero attached hydrogens (tertiary/aromatic N) is 2. The Bertz CT molecular complexity index is 3130. The van der Waals surface area contributed by atoms with E-state index < -0.39 is 0 Å². The van der Waals surface area contributed by atoms with E-state index in [9.17, 15) is 5.26 Å². The highest BCUT2D eigenvalue weighted by Crippen LogP contribution is 2.59. The maximum atomic E-state index is 10.5. The second-order valence-corrected chi connectivity index (χ2v) is 17.5. The van der Waals surface area contributed by atoms with Gasteiger partial charge in [0.15, 0.2) is 0 Å². The van der Waals surface area contributed by atoms with Gasteiger partial charge in [-0.15, -0.1) is 0 Å². The quantitative estimate of drug-likeness (QED) is 0.168. The number of fused-ring (bicyclic) bond motifs is 3. The predicted octanol–water partition coefficient (Wildman–Crippen LogP) is 15.3. The fraction of sp³-hybridized carbons (Fsp3) is 0.0833. The summed E-state index contributed by atoms with van der Waals surface area (Å²) in [5, 5.41) is 10.5. The summed E-state index contributed by atoms with van der Waals surface area (Å²) >= 11 is 0. The van der Waals surface area contributed by atoms with Gasteiger partial charge in [0.25, 0.3) is 0 Å². The van der Waals surface area contributed by atoms with Gasteiger partial charge in [0.2, 0.25) is 0 Å². The van der Waals surface area contributed by atoms with E-state index in [1.165, 1.54) is 89.0 Å². The molecule has 9 aromatic carbocycles. The van der Waals surface area contributed by atoms with Gasteiger partial charge in [-0.05, 0) is 138 Å². The van der Waals surface area contributed by atoms with Gasteiger partial charge in [0, 0.05) is 34.3 Å². The molecule has 0 unspecified atom stereocenters. The molecular weight excluding hydrogens is 749 g/mol. The van der Waals surface area contributed by atoms with E-state index in [0.29, 0.717) is 0 Å². The lowest BCUT2D eigenvalue weighted by Crippen LogP contribution is -2.29. The predicted molar refractivity (Wildman–Crippen MR) is 254 cm³/mol. The molecule has 2 heteroatoms. The number of hydrogen-bond acceptors (Lipinski definition) is 2. The highest BCUT2D eigenvalue weighted by molar-refractivity contribution is 5.89. The Hall–Kier alpha value is -7.73. The zero-order valence-corrected chi connectivity index (χ0v) is 34.7. The minimum atomic E-state index is -0.262. The average Bonchev–Trinajstić information content (AvgIpc) is 3.56. The molecule has 0 saturated heterocycles. The third-order valence-corrected chi connectivity index (χ3v) is 13.9. The molecular formula is C60H42N2. The molecule has 0 radical (unpaired) electrons. The van der Waals surface area contributed by atoms with Crippen LogP contribution in [0, 0.1) is 11.3 Å². The molecule has 0 aliphatic heterocycles. The lowest BCUT2D eigenvalue weighted by Gasteiger charge is -2.43. The van der Waals surface area contributed by atoms with Crippen LogP contribution in [-0.4, -0.2) is 0 Å². The van der Waals surface area contributed by atoms with Gasteiger partial charge in [-0.1, -0.05) is 172 Å². The van der Waals surface area contributed by atoms with Gasteiger partial charge in [-0.25, -0.2) is 0 Å². The maximum Gasteiger partial charge on any atom is 0.0994 e. The van der Waals surface area contributed by atoms with Gasteiger partial charge < -0.3 is 4.90 Å². The Kier molecular flexibility index (Phi) is 8.11.